The maximum atomic E-state index is 6.01. The van der Waals surface area contributed by atoms with Gasteiger partial charge >= 0.3 is 0 Å². The molecule has 0 fully saturated rings. The summed E-state index contributed by atoms with van der Waals surface area (Å²) in [4.78, 5) is 5.65. The van der Waals surface area contributed by atoms with Crippen molar-refractivity contribution in [3.63, 3.8) is 0 Å². The van der Waals surface area contributed by atoms with Gasteiger partial charge in [-0.3, -0.25) is 0 Å². The van der Waals surface area contributed by atoms with E-state index in [1.165, 1.54) is 10.6 Å². The molecule has 0 spiro atoms. The van der Waals surface area contributed by atoms with Crippen LogP contribution in [0.4, 0.5) is 0 Å². The normalized spacial score (nSPS) is 11.0. The van der Waals surface area contributed by atoms with Gasteiger partial charge in [0, 0.05) is 32.5 Å². The molecule has 6 heteroatoms. The fourth-order valence-electron chi connectivity index (χ4n) is 2.19. The van der Waals surface area contributed by atoms with Gasteiger partial charge in [0.1, 0.15) is 5.01 Å². The number of hydrogen-bond donors (Lipinski definition) is 1. The van der Waals surface area contributed by atoms with E-state index in [4.69, 9.17) is 23.2 Å². The molecule has 3 aromatic rings. The minimum atomic E-state index is 0.581. The summed E-state index contributed by atoms with van der Waals surface area (Å²) >= 11 is 13.6. The molecule has 1 N–H and O–H groups in total. The molecule has 0 aliphatic rings. The van der Waals surface area contributed by atoms with Crippen LogP contribution in [0.1, 0.15) is 10.6 Å². The van der Waals surface area contributed by atoms with Crippen molar-refractivity contribution in [3.05, 3.63) is 63.3 Å². The van der Waals surface area contributed by atoms with Crippen molar-refractivity contribution in [1.29, 1.82) is 0 Å². The van der Waals surface area contributed by atoms with Crippen LogP contribution in [0.3, 0.4) is 0 Å². The number of benzene rings is 1. The van der Waals surface area contributed by atoms with Crippen LogP contribution in [-0.4, -0.2) is 9.55 Å². The highest BCUT2D eigenvalue weighted by Gasteiger charge is 2.07. The van der Waals surface area contributed by atoms with E-state index in [2.05, 4.69) is 20.9 Å². The predicted octanol–water partition coefficient (Wildman–Crippen LogP) is 4.75. The monoisotopic (exact) mass is 351 g/mol. The summed E-state index contributed by atoms with van der Waals surface area (Å²) in [5, 5.41) is 5.61. The average molecular weight is 352 g/mol. The van der Waals surface area contributed by atoms with Crippen LogP contribution in [-0.2, 0) is 20.1 Å². The molecule has 0 unspecified atom stereocenters. The molecule has 1 aromatic carbocycles. The van der Waals surface area contributed by atoms with Gasteiger partial charge in [0.15, 0.2) is 0 Å². The topological polar surface area (TPSA) is 29.9 Å². The molecule has 22 heavy (non-hydrogen) atoms. The molecular weight excluding hydrogens is 337 g/mol. The van der Waals surface area contributed by atoms with Crippen LogP contribution in [0.15, 0.2) is 42.7 Å². The van der Waals surface area contributed by atoms with Crippen molar-refractivity contribution < 1.29 is 0 Å². The van der Waals surface area contributed by atoms with Gasteiger partial charge in [0.25, 0.3) is 0 Å². The number of nitrogens with one attached hydrogen (secondary N) is 1. The van der Waals surface area contributed by atoms with Crippen LogP contribution >= 0.6 is 34.5 Å². The number of aryl methyl sites for hydroxylation is 1. The molecule has 0 amide bonds. The van der Waals surface area contributed by atoms with Crippen molar-refractivity contribution >= 4 is 34.5 Å². The average Bonchev–Trinajstić information content (AvgIpc) is 3.11. The van der Waals surface area contributed by atoms with E-state index in [-0.39, 0.29) is 0 Å². The minimum Gasteiger partial charge on any atom is -0.350 e. The quantitative estimate of drug-likeness (QED) is 0.718. The summed E-state index contributed by atoms with van der Waals surface area (Å²) in [6, 6.07) is 9.81. The Morgan fingerprint density at radius 1 is 1.18 bits per heavy atom. The van der Waals surface area contributed by atoms with Crippen LogP contribution in [0.5, 0.6) is 0 Å². The fourth-order valence-corrected chi connectivity index (χ4v) is 3.47. The summed E-state index contributed by atoms with van der Waals surface area (Å²) in [6.45, 7) is 1.46. The Labute approximate surface area is 143 Å². The molecular formula is C16H15Cl2N3S. The highest BCUT2D eigenvalue weighted by atomic mass is 35.5. The zero-order valence-electron chi connectivity index (χ0n) is 12.0. The van der Waals surface area contributed by atoms with E-state index in [9.17, 15) is 0 Å². The van der Waals surface area contributed by atoms with Gasteiger partial charge in [-0.05, 0) is 29.8 Å². The first kappa shape index (κ1) is 15.6. The van der Waals surface area contributed by atoms with Gasteiger partial charge in [-0.15, -0.1) is 11.3 Å². The smallest absolute Gasteiger partial charge is 0.107 e. The standard InChI is InChI=1S/C16H15Cl2N3S/c1-21-6-2-3-14(21)15-9-20-16(22-15)10-19-8-11-4-5-12(17)13(18)7-11/h2-7,9,19H,8,10H2,1H3. The molecule has 0 radical (unpaired) electrons. The van der Waals surface area contributed by atoms with Crippen LogP contribution in [0.25, 0.3) is 10.6 Å². The second-order valence-corrected chi connectivity index (χ2v) is 6.90. The van der Waals surface area contributed by atoms with Crippen molar-refractivity contribution in [2.24, 2.45) is 7.05 Å². The number of hydrogen-bond acceptors (Lipinski definition) is 3. The van der Waals surface area contributed by atoms with E-state index < -0.39 is 0 Å². The van der Waals surface area contributed by atoms with Crippen molar-refractivity contribution in [2.45, 2.75) is 13.1 Å². The molecule has 0 aliphatic heterocycles. The zero-order valence-corrected chi connectivity index (χ0v) is 14.3. The van der Waals surface area contributed by atoms with Gasteiger partial charge < -0.3 is 9.88 Å². The lowest BCUT2D eigenvalue weighted by Crippen LogP contribution is -2.12. The fraction of sp³-hybridized carbons (Fsp3) is 0.188. The van der Waals surface area contributed by atoms with Gasteiger partial charge in [-0.2, -0.15) is 0 Å². The van der Waals surface area contributed by atoms with Crippen molar-refractivity contribution in [1.82, 2.24) is 14.9 Å². The molecule has 114 valence electrons. The molecule has 0 atom stereocenters. The number of rotatable bonds is 5. The molecule has 3 nitrogen and oxygen atoms in total. The molecule has 0 aliphatic carbocycles. The van der Waals surface area contributed by atoms with Crippen LogP contribution in [0, 0.1) is 0 Å². The maximum Gasteiger partial charge on any atom is 0.107 e. The zero-order chi connectivity index (χ0) is 15.5. The lowest BCUT2D eigenvalue weighted by Gasteiger charge is -2.04. The third kappa shape index (κ3) is 3.52. The number of nitrogens with zero attached hydrogens (tertiary/aromatic N) is 2. The van der Waals surface area contributed by atoms with Gasteiger partial charge in [0.05, 0.1) is 20.6 Å². The highest BCUT2D eigenvalue weighted by Crippen LogP contribution is 2.26. The Morgan fingerprint density at radius 3 is 2.77 bits per heavy atom. The number of thiazole rings is 1. The third-order valence-corrected chi connectivity index (χ3v) is 5.10. The summed E-state index contributed by atoms with van der Waals surface area (Å²) < 4.78 is 2.10. The van der Waals surface area contributed by atoms with E-state index >= 15 is 0 Å². The van der Waals surface area contributed by atoms with E-state index in [0.29, 0.717) is 10.0 Å². The van der Waals surface area contributed by atoms with E-state index in [1.54, 1.807) is 11.3 Å². The minimum absolute atomic E-state index is 0.581. The third-order valence-electron chi connectivity index (χ3n) is 3.34. The second kappa shape index (κ2) is 6.84. The maximum absolute atomic E-state index is 6.01. The van der Waals surface area contributed by atoms with Crippen molar-refractivity contribution in [3.8, 4) is 10.6 Å². The van der Waals surface area contributed by atoms with Gasteiger partial charge in [-0.25, -0.2) is 4.98 Å². The molecule has 3 rings (SSSR count). The SMILES string of the molecule is Cn1cccc1-c1cnc(CNCc2ccc(Cl)c(Cl)c2)s1. The van der Waals surface area contributed by atoms with Crippen molar-refractivity contribution in [2.75, 3.05) is 0 Å². The van der Waals surface area contributed by atoms with Gasteiger partial charge in [0.2, 0.25) is 0 Å². The van der Waals surface area contributed by atoms with E-state index in [0.717, 1.165) is 23.7 Å². The van der Waals surface area contributed by atoms with Crippen LogP contribution < -0.4 is 5.32 Å². The second-order valence-electron chi connectivity index (χ2n) is 4.97. The summed E-state index contributed by atoms with van der Waals surface area (Å²) in [7, 11) is 2.04. The molecule has 0 saturated heterocycles. The van der Waals surface area contributed by atoms with E-state index in [1.807, 2.05) is 43.7 Å². The van der Waals surface area contributed by atoms with Crippen LogP contribution in [0.2, 0.25) is 10.0 Å². The molecule has 0 bridgehead atoms. The lowest BCUT2D eigenvalue weighted by atomic mass is 10.2. The summed E-state index contributed by atoms with van der Waals surface area (Å²) in [6.07, 6.45) is 3.97. The molecule has 2 aromatic heterocycles. The lowest BCUT2D eigenvalue weighted by molar-refractivity contribution is 0.690. The Morgan fingerprint density at radius 2 is 2.05 bits per heavy atom. The summed E-state index contributed by atoms with van der Waals surface area (Å²) in [5.74, 6) is 0. The first-order valence-electron chi connectivity index (χ1n) is 6.84. The Balaban J connectivity index is 1.59. The summed E-state index contributed by atoms with van der Waals surface area (Å²) in [5.41, 5.74) is 2.29. The Bertz CT molecular complexity index is 779. The first-order valence-corrected chi connectivity index (χ1v) is 8.42. The Hall–Kier alpha value is -1.33. The molecule has 0 saturated carbocycles. The molecule has 2 heterocycles. The Kier molecular flexibility index (Phi) is 4.84. The predicted molar refractivity (Wildman–Crippen MR) is 93.5 cm³/mol. The largest absolute Gasteiger partial charge is 0.350 e. The number of aromatic nitrogens is 2. The first-order chi connectivity index (χ1) is 10.6. The highest BCUT2D eigenvalue weighted by molar-refractivity contribution is 7.15. The van der Waals surface area contributed by atoms with Gasteiger partial charge in [-0.1, -0.05) is 29.3 Å². The number of halogens is 2.